The second-order valence-electron chi connectivity index (χ2n) is 7.21. The van der Waals surface area contributed by atoms with Crippen LogP contribution in [-0.2, 0) is 11.0 Å². The van der Waals surface area contributed by atoms with Crippen LogP contribution in [-0.4, -0.2) is 21.2 Å². The predicted octanol–water partition coefficient (Wildman–Crippen LogP) is 5.81. The van der Waals surface area contributed by atoms with Gasteiger partial charge in [-0.15, -0.1) is 11.3 Å². The molecule has 0 fully saturated rings. The van der Waals surface area contributed by atoms with Crippen LogP contribution in [0.4, 0.5) is 18.9 Å². The van der Waals surface area contributed by atoms with Gasteiger partial charge in [-0.25, -0.2) is 4.98 Å². The highest BCUT2D eigenvalue weighted by molar-refractivity contribution is 7.99. The molecule has 0 aliphatic rings. The molecule has 1 N–H and O–H groups in total. The van der Waals surface area contributed by atoms with Crippen LogP contribution in [0.25, 0.3) is 15.9 Å². The lowest BCUT2D eigenvalue weighted by Crippen LogP contribution is -2.23. The molecule has 0 unspecified atom stereocenters. The van der Waals surface area contributed by atoms with Gasteiger partial charge in [-0.05, 0) is 43.7 Å². The summed E-state index contributed by atoms with van der Waals surface area (Å²) >= 11 is 2.38. The van der Waals surface area contributed by atoms with Crippen LogP contribution >= 0.6 is 23.1 Å². The molecule has 170 valence electrons. The number of aryl methyl sites for hydroxylation is 2. The molecule has 4 aromatic rings. The number of thiophene rings is 1. The van der Waals surface area contributed by atoms with Crippen molar-refractivity contribution >= 4 is 44.9 Å². The zero-order valence-corrected chi connectivity index (χ0v) is 19.2. The summed E-state index contributed by atoms with van der Waals surface area (Å²) in [6.07, 6.45) is -4.59. The lowest BCUT2D eigenvalue weighted by Gasteiger charge is -2.14. The van der Waals surface area contributed by atoms with Gasteiger partial charge in [0.05, 0.1) is 28.1 Å². The molecule has 0 spiro atoms. The maximum Gasteiger partial charge on any atom is 0.418 e. The second-order valence-corrected chi connectivity index (χ2v) is 9.36. The van der Waals surface area contributed by atoms with E-state index in [-0.39, 0.29) is 17.0 Å². The first-order chi connectivity index (χ1) is 15.7. The fourth-order valence-corrected chi connectivity index (χ4v) is 5.22. The molecule has 0 saturated heterocycles. The maximum absolute atomic E-state index is 13.4. The summed E-state index contributed by atoms with van der Waals surface area (Å²) in [5, 5.41) is 3.13. The first-order valence-electron chi connectivity index (χ1n) is 9.84. The van der Waals surface area contributed by atoms with Crippen LogP contribution in [0.1, 0.15) is 16.0 Å². The summed E-state index contributed by atoms with van der Waals surface area (Å²) in [6, 6.07) is 13.7. The third-order valence-corrected chi connectivity index (χ3v) is 7.07. The zero-order valence-electron chi connectivity index (χ0n) is 17.6. The van der Waals surface area contributed by atoms with E-state index in [0.717, 1.165) is 28.3 Å². The summed E-state index contributed by atoms with van der Waals surface area (Å²) < 4.78 is 41.1. The van der Waals surface area contributed by atoms with Crippen LogP contribution in [0.3, 0.4) is 0 Å². The number of aromatic nitrogens is 2. The van der Waals surface area contributed by atoms with E-state index in [1.165, 1.54) is 34.1 Å². The molecule has 0 aliphatic carbocycles. The number of alkyl halides is 3. The summed E-state index contributed by atoms with van der Waals surface area (Å²) in [4.78, 5) is 32.0. The first-order valence-corrected chi connectivity index (χ1v) is 11.6. The van der Waals surface area contributed by atoms with E-state index in [4.69, 9.17) is 0 Å². The SMILES string of the molecule is Cc1sc2nc(SCC(=O)Nc3ccccc3C(F)(F)F)n(-c3ccccc3)c(=O)c2c1C. The highest BCUT2D eigenvalue weighted by Crippen LogP contribution is 2.35. The molecule has 0 atom stereocenters. The summed E-state index contributed by atoms with van der Waals surface area (Å²) in [7, 11) is 0. The van der Waals surface area contributed by atoms with E-state index in [1.807, 2.05) is 19.9 Å². The van der Waals surface area contributed by atoms with Crippen molar-refractivity contribution in [2.75, 3.05) is 11.1 Å². The normalized spacial score (nSPS) is 11.7. The van der Waals surface area contributed by atoms with Crippen LogP contribution in [0.2, 0.25) is 0 Å². The average Bonchev–Trinajstić information content (AvgIpc) is 3.06. The quantitative estimate of drug-likeness (QED) is 0.284. The Labute approximate surface area is 195 Å². The Morgan fingerprint density at radius 2 is 1.76 bits per heavy atom. The minimum Gasteiger partial charge on any atom is -0.325 e. The summed E-state index contributed by atoms with van der Waals surface area (Å²) in [5.74, 6) is -0.857. The molecule has 0 radical (unpaired) electrons. The lowest BCUT2D eigenvalue weighted by atomic mass is 10.1. The van der Waals surface area contributed by atoms with Crippen molar-refractivity contribution < 1.29 is 18.0 Å². The number of thioether (sulfide) groups is 1. The van der Waals surface area contributed by atoms with Gasteiger partial charge in [0.15, 0.2) is 5.16 Å². The number of amides is 1. The van der Waals surface area contributed by atoms with E-state index in [9.17, 15) is 22.8 Å². The van der Waals surface area contributed by atoms with Gasteiger partial charge in [0, 0.05) is 4.88 Å². The van der Waals surface area contributed by atoms with Crippen molar-refractivity contribution in [3.8, 4) is 5.69 Å². The number of nitrogens with one attached hydrogen (secondary N) is 1. The number of carbonyl (C=O) groups excluding carboxylic acids is 1. The maximum atomic E-state index is 13.4. The number of carbonyl (C=O) groups is 1. The molecular weight excluding hydrogens is 471 g/mol. The van der Waals surface area contributed by atoms with E-state index in [0.29, 0.717) is 21.1 Å². The lowest BCUT2D eigenvalue weighted by molar-refractivity contribution is -0.137. The smallest absolute Gasteiger partial charge is 0.325 e. The molecule has 2 heterocycles. The Morgan fingerprint density at radius 3 is 2.45 bits per heavy atom. The van der Waals surface area contributed by atoms with Gasteiger partial charge in [0.25, 0.3) is 5.56 Å². The minimum atomic E-state index is -4.59. The van der Waals surface area contributed by atoms with Crippen molar-refractivity contribution in [1.29, 1.82) is 0 Å². The zero-order chi connectivity index (χ0) is 23.8. The van der Waals surface area contributed by atoms with Gasteiger partial charge in [0.2, 0.25) is 5.91 Å². The van der Waals surface area contributed by atoms with Crippen molar-refractivity contribution in [2.45, 2.75) is 25.2 Å². The van der Waals surface area contributed by atoms with Gasteiger partial charge in [-0.3, -0.25) is 14.2 Å². The molecule has 33 heavy (non-hydrogen) atoms. The molecule has 0 bridgehead atoms. The van der Waals surface area contributed by atoms with E-state index in [1.54, 1.807) is 24.3 Å². The fourth-order valence-electron chi connectivity index (χ4n) is 3.33. The first kappa shape index (κ1) is 23.1. The Kier molecular flexibility index (Phi) is 6.31. The van der Waals surface area contributed by atoms with E-state index in [2.05, 4.69) is 10.3 Å². The molecule has 0 aliphatic heterocycles. The van der Waals surface area contributed by atoms with E-state index < -0.39 is 17.6 Å². The van der Waals surface area contributed by atoms with Gasteiger partial charge >= 0.3 is 6.18 Å². The fraction of sp³-hybridized carbons (Fsp3) is 0.174. The number of nitrogens with zero attached hydrogens (tertiary/aromatic N) is 2. The van der Waals surface area contributed by atoms with E-state index >= 15 is 0 Å². The third-order valence-electron chi connectivity index (χ3n) is 5.03. The molecule has 2 aromatic heterocycles. The highest BCUT2D eigenvalue weighted by Gasteiger charge is 2.33. The molecular formula is C23H18F3N3O2S2. The monoisotopic (exact) mass is 489 g/mol. The predicted molar refractivity (Wildman–Crippen MR) is 125 cm³/mol. The van der Waals surface area contributed by atoms with Crippen LogP contribution in [0.5, 0.6) is 0 Å². The number of fused-ring (bicyclic) bond motifs is 1. The molecule has 0 saturated carbocycles. The number of halogens is 3. The van der Waals surface area contributed by atoms with Crippen LogP contribution < -0.4 is 10.9 Å². The third kappa shape index (κ3) is 4.67. The number of para-hydroxylation sites is 2. The van der Waals surface area contributed by atoms with Gasteiger partial charge < -0.3 is 5.32 Å². The Bertz CT molecular complexity index is 1400. The van der Waals surface area contributed by atoms with Gasteiger partial charge in [0.1, 0.15) is 4.83 Å². The average molecular weight is 490 g/mol. The number of anilines is 1. The Hall–Kier alpha value is -3.11. The van der Waals surface area contributed by atoms with Crippen LogP contribution in [0.15, 0.2) is 64.5 Å². The molecule has 4 rings (SSSR count). The van der Waals surface area contributed by atoms with Gasteiger partial charge in [-0.1, -0.05) is 42.1 Å². The highest BCUT2D eigenvalue weighted by atomic mass is 32.2. The topological polar surface area (TPSA) is 64.0 Å². The Balaban J connectivity index is 1.67. The number of rotatable bonds is 5. The van der Waals surface area contributed by atoms with Crippen molar-refractivity contribution in [3.05, 3.63) is 81.0 Å². The Morgan fingerprint density at radius 1 is 1.09 bits per heavy atom. The number of benzene rings is 2. The summed E-state index contributed by atoms with van der Waals surface area (Å²) in [5.41, 5.74) is -0.0447. The van der Waals surface area contributed by atoms with Gasteiger partial charge in [-0.2, -0.15) is 13.2 Å². The van der Waals surface area contributed by atoms with Crippen LogP contribution in [0, 0.1) is 13.8 Å². The standard InChI is InChI=1S/C23H18F3N3O2S2/c1-13-14(2)33-20-19(13)21(31)29(15-8-4-3-5-9-15)22(28-20)32-12-18(30)27-17-11-7-6-10-16(17)23(24,25)26/h3-11H,12H2,1-2H3,(H,27,30). The van der Waals surface area contributed by atoms with Crippen molar-refractivity contribution in [1.82, 2.24) is 9.55 Å². The second kappa shape index (κ2) is 9.03. The molecule has 10 heteroatoms. The number of hydrogen-bond acceptors (Lipinski definition) is 5. The molecule has 1 amide bonds. The van der Waals surface area contributed by atoms with Crippen molar-refractivity contribution in [2.24, 2.45) is 0 Å². The van der Waals surface area contributed by atoms with Crippen molar-refractivity contribution in [3.63, 3.8) is 0 Å². The summed E-state index contributed by atoms with van der Waals surface area (Å²) in [6.45, 7) is 3.78. The largest absolute Gasteiger partial charge is 0.418 e. The minimum absolute atomic E-state index is 0.222. The molecule has 5 nitrogen and oxygen atoms in total. The number of hydrogen-bond donors (Lipinski definition) is 1. The molecule has 2 aromatic carbocycles.